The minimum absolute atomic E-state index is 0.253. The first-order chi connectivity index (χ1) is 8.52. The number of rotatable bonds is 5. The molecule has 0 spiro atoms. The number of ether oxygens (including phenoxy) is 1. The predicted molar refractivity (Wildman–Crippen MR) is 80.0 cm³/mol. The number of halogens is 1. The molecule has 1 aromatic carbocycles. The van der Waals surface area contributed by atoms with E-state index in [0.717, 1.165) is 36.9 Å². The van der Waals surface area contributed by atoms with Crippen LogP contribution in [-0.2, 0) is 13.0 Å². The summed E-state index contributed by atoms with van der Waals surface area (Å²) in [5.41, 5.74) is 2.41. The van der Waals surface area contributed by atoms with Crippen LogP contribution in [0.25, 0.3) is 0 Å². The van der Waals surface area contributed by atoms with Gasteiger partial charge in [-0.25, -0.2) is 0 Å². The molecule has 0 atom stereocenters. The van der Waals surface area contributed by atoms with Gasteiger partial charge in [0.05, 0.1) is 6.61 Å². The van der Waals surface area contributed by atoms with Gasteiger partial charge in [-0.1, -0.05) is 11.6 Å². The fourth-order valence-corrected chi connectivity index (χ4v) is 2.56. The van der Waals surface area contributed by atoms with E-state index in [-0.39, 0.29) is 4.75 Å². The van der Waals surface area contributed by atoms with Crippen LogP contribution in [0.3, 0.4) is 0 Å². The molecule has 2 nitrogen and oxygen atoms in total. The van der Waals surface area contributed by atoms with Gasteiger partial charge < -0.3 is 10.1 Å². The average molecular weight is 286 g/mol. The van der Waals surface area contributed by atoms with Gasteiger partial charge in [0.2, 0.25) is 0 Å². The van der Waals surface area contributed by atoms with E-state index in [0.29, 0.717) is 0 Å². The fraction of sp³-hybridized carbons (Fsp3) is 0.571. The standard InChI is InChI=1S/C14H20ClNOS/c1-14(2,18-3)9-16-8-11-7-12(15)6-10-4-5-17-13(10)11/h6-7,16H,4-5,8-9H2,1-3H3. The van der Waals surface area contributed by atoms with E-state index in [9.17, 15) is 0 Å². The number of benzene rings is 1. The second-order valence-electron chi connectivity index (χ2n) is 5.22. The Balaban J connectivity index is 2.02. The Morgan fingerprint density at radius 2 is 2.22 bits per heavy atom. The van der Waals surface area contributed by atoms with Gasteiger partial charge in [-0.15, -0.1) is 0 Å². The molecular weight excluding hydrogens is 266 g/mol. The molecule has 0 radical (unpaired) electrons. The van der Waals surface area contributed by atoms with E-state index in [1.54, 1.807) is 0 Å². The minimum atomic E-state index is 0.253. The Bertz CT molecular complexity index is 434. The first-order valence-corrected chi connectivity index (χ1v) is 7.82. The van der Waals surface area contributed by atoms with Crippen LogP contribution in [0.5, 0.6) is 5.75 Å². The van der Waals surface area contributed by atoms with Gasteiger partial charge in [0.25, 0.3) is 0 Å². The topological polar surface area (TPSA) is 21.3 Å². The molecule has 18 heavy (non-hydrogen) atoms. The van der Waals surface area contributed by atoms with Crippen molar-refractivity contribution in [3.05, 3.63) is 28.3 Å². The summed E-state index contributed by atoms with van der Waals surface area (Å²) < 4.78 is 5.94. The molecular formula is C14H20ClNOS. The maximum absolute atomic E-state index is 6.14. The summed E-state index contributed by atoms with van der Waals surface area (Å²) in [7, 11) is 0. The maximum Gasteiger partial charge on any atom is 0.127 e. The molecule has 0 bridgehead atoms. The van der Waals surface area contributed by atoms with E-state index in [4.69, 9.17) is 16.3 Å². The smallest absolute Gasteiger partial charge is 0.127 e. The lowest BCUT2D eigenvalue weighted by molar-refractivity contribution is 0.352. The van der Waals surface area contributed by atoms with Gasteiger partial charge in [0.1, 0.15) is 5.75 Å². The zero-order valence-corrected chi connectivity index (χ0v) is 12.8. The Hall–Kier alpha value is -0.380. The number of hydrogen-bond donors (Lipinski definition) is 1. The summed E-state index contributed by atoms with van der Waals surface area (Å²) in [5.74, 6) is 1.04. The lowest BCUT2D eigenvalue weighted by Crippen LogP contribution is -2.31. The van der Waals surface area contributed by atoms with Crippen LogP contribution >= 0.6 is 23.4 Å². The van der Waals surface area contributed by atoms with Gasteiger partial charge in [-0.2, -0.15) is 11.8 Å². The molecule has 1 heterocycles. The Labute approximate surface area is 118 Å². The molecule has 0 saturated heterocycles. The molecule has 4 heteroatoms. The maximum atomic E-state index is 6.14. The summed E-state index contributed by atoms with van der Waals surface area (Å²) in [4.78, 5) is 0. The van der Waals surface area contributed by atoms with Crippen molar-refractivity contribution >= 4 is 23.4 Å². The highest BCUT2D eigenvalue weighted by Crippen LogP contribution is 2.32. The van der Waals surface area contributed by atoms with Gasteiger partial charge in [-0.05, 0) is 37.8 Å². The van der Waals surface area contributed by atoms with E-state index in [1.165, 1.54) is 11.1 Å². The van der Waals surface area contributed by atoms with Crippen LogP contribution in [-0.4, -0.2) is 24.2 Å². The highest BCUT2D eigenvalue weighted by Gasteiger charge is 2.19. The highest BCUT2D eigenvalue weighted by atomic mass is 35.5. The third-order valence-corrected chi connectivity index (χ3v) is 4.71. The van der Waals surface area contributed by atoms with Crippen molar-refractivity contribution in [2.75, 3.05) is 19.4 Å². The van der Waals surface area contributed by atoms with Crippen molar-refractivity contribution < 1.29 is 4.74 Å². The quantitative estimate of drug-likeness (QED) is 0.895. The van der Waals surface area contributed by atoms with Crippen molar-refractivity contribution in [2.24, 2.45) is 0 Å². The van der Waals surface area contributed by atoms with Crippen molar-refractivity contribution in [3.63, 3.8) is 0 Å². The van der Waals surface area contributed by atoms with E-state index >= 15 is 0 Å². The number of fused-ring (bicyclic) bond motifs is 1. The molecule has 1 aliphatic rings. The van der Waals surface area contributed by atoms with Crippen LogP contribution in [0.1, 0.15) is 25.0 Å². The van der Waals surface area contributed by atoms with E-state index < -0.39 is 0 Å². The minimum Gasteiger partial charge on any atom is -0.493 e. The van der Waals surface area contributed by atoms with Crippen LogP contribution in [0.2, 0.25) is 5.02 Å². The second kappa shape index (κ2) is 5.72. The van der Waals surface area contributed by atoms with Gasteiger partial charge in [-0.3, -0.25) is 0 Å². The van der Waals surface area contributed by atoms with E-state index in [2.05, 4.69) is 25.4 Å². The summed E-state index contributed by atoms with van der Waals surface area (Å²) in [6.07, 6.45) is 3.11. The molecule has 1 N–H and O–H groups in total. The normalized spacial score (nSPS) is 14.4. The van der Waals surface area contributed by atoms with Gasteiger partial charge in [0, 0.05) is 34.8 Å². The second-order valence-corrected chi connectivity index (χ2v) is 7.17. The average Bonchev–Trinajstić information content (AvgIpc) is 2.76. The zero-order valence-electron chi connectivity index (χ0n) is 11.2. The van der Waals surface area contributed by atoms with Crippen molar-refractivity contribution in [3.8, 4) is 5.75 Å². The van der Waals surface area contributed by atoms with Gasteiger partial charge in [0.15, 0.2) is 0 Å². The fourth-order valence-electron chi connectivity index (χ4n) is 2.05. The largest absolute Gasteiger partial charge is 0.493 e. The predicted octanol–water partition coefficient (Wildman–Crippen LogP) is 3.51. The van der Waals surface area contributed by atoms with E-state index in [1.807, 2.05) is 23.9 Å². The van der Waals surface area contributed by atoms with Crippen molar-refractivity contribution in [2.45, 2.75) is 31.6 Å². The van der Waals surface area contributed by atoms with Crippen LogP contribution in [0, 0.1) is 0 Å². The number of thioether (sulfide) groups is 1. The monoisotopic (exact) mass is 285 g/mol. The Kier molecular flexibility index (Phi) is 4.46. The zero-order chi connectivity index (χ0) is 13.2. The van der Waals surface area contributed by atoms with Gasteiger partial charge >= 0.3 is 0 Å². The molecule has 1 aromatic rings. The van der Waals surface area contributed by atoms with Crippen molar-refractivity contribution in [1.82, 2.24) is 5.32 Å². The summed E-state index contributed by atoms with van der Waals surface area (Å²) in [6, 6.07) is 4.02. The Morgan fingerprint density at radius 1 is 1.44 bits per heavy atom. The van der Waals surface area contributed by atoms with Crippen molar-refractivity contribution in [1.29, 1.82) is 0 Å². The molecule has 0 saturated carbocycles. The SMILES string of the molecule is CSC(C)(C)CNCc1cc(Cl)cc2c1OCC2. The molecule has 2 rings (SSSR count). The molecule has 0 unspecified atom stereocenters. The van der Waals surface area contributed by atoms with Crippen LogP contribution in [0.4, 0.5) is 0 Å². The van der Waals surface area contributed by atoms with Crippen LogP contribution < -0.4 is 10.1 Å². The van der Waals surface area contributed by atoms with Crippen LogP contribution in [0.15, 0.2) is 12.1 Å². The molecule has 0 aliphatic carbocycles. The lowest BCUT2D eigenvalue weighted by Gasteiger charge is -2.22. The summed E-state index contributed by atoms with van der Waals surface area (Å²) in [5, 5.41) is 4.30. The molecule has 1 aliphatic heterocycles. The molecule has 100 valence electrons. The number of nitrogens with one attached hydrogen (secondary N) is 1. The highest BCUT2D eigenvalue weighted by molar-refractivity contribution is 7.99. The summed E-state index contributed by atoms with van der Waals surface area (Å²) >= 11 is 8.01. The first kappa shape index (κ1) is 14.0. The third kappa shape index (κ3) is 3.34. The first-order valence-electron chi connectivity index (χ1n) is 6.22. The Morgan fingerprint density at radius 3 is 2.94 bits per heavy atom. The third-order valence-electron chi connectivity index (χ3n) is 3.24. The number of hydrogen-bond acceptors (Lipinski definition) is 3. The lowest BCUT2D eigenvalue weighted by atomic mass is 10.1. The molecule has 0 amide bonds. The molecule has 0 aromatic heterocycles. The summed E-state index contributed by atoms with van der Waals surface area (Å²) in [6.45, 7) is 7.04. The molecule has 0 fully saturated rings.